The van der Waals surface area contributed by atoms with Gasteiger partial charge in [0, 0.05) is 33.9 Å². The highest BCUT2D eigenvalue weighted by Crippen LogP contribution is 2.18. The highest BCUT2D eigenvalue weighted by molar-refractivity contribution is 5.98. The largest absolute Gasteiger partial charge is 0.395 e. The SMILES string of the molecule is CCn1nc(C)c(N)c1C(=O)N(CCOC)CCOC. The number of anilines is 1. The third-order valence-electron chi connectivity index (χ3n) is 3.09. The van der Waals surface area contributed by atoms with Crippen molar-refractivity contribution < 1.29 is 14.3 Å². The van der Waals surface area contributed by atoms with Gasteiger partial charge in [0.1, 0.15) is 5.69 Å². The molecule has 1 rings (SSSR count). The summed E-state index contributed by atoms with van der Waals surface area (Å²) in [7, 11) is 3.21. The quantitative estimate of drug-likeness (QED) is 0.753. The van der Waals surface area contributed by atoms with Crippen LogP contribution in [-0.4, -0.2) is 61.1 Å². The Morgan fingerprint density at radius 3 is 2.30 bits per heavy atom. The number of ether oxygens (including phenoxy) is 2. The Labute approximate surface area is 119 Å². The van der Waals surface area contributed by atoms with Crippen LogP contribution in [0.25, 0.3) is 0 Å². The van der Waals surface area contributed by atoms with Crippen LogP contribution in [0.15, 0.2) is 0 Å². The van der Waals surface area contributed by atoms with Crippen molar-refractivity contribution in [2.24, 2.45) is 0 Å². The van der Waals surface area contributed by atoms with Crippen LogP contribution < -0.4 is 5.73 Å². The van der Waals surface area contributed by atoms with Gasteiger partial charge in [-0.3, -0.25) is 9.48 Å². The van der Waals surface area contributed by atoms with Crippen molar-refractivity contribution >= 4 is 11.6 Å². The van der Waals surface area contributed by atoms with Crippen LogP contribution in [-0.2, 0) is 16.0 Å². The second-order valence-electron chi connectivity index (χ2n) is 4.44. The fourth-order valence-electron chi connectivity index (χ4n) is 1.92. The van der Waals surface area contributed by atoms with E-state index < -0.39 is 0 Å². The molecule has 1 aromatic rings. The second-order valence-corrected chi connectivity index (χ2v) is 4.44. The normalized spacial score (nSPS) is 10.8. The highest BCUT2D eigenvalue weighted by Gasteiger charge is 2.24. The van der Waals surface area contributed by atoms with Crippen molar-refractivity contribution in [1.82, 2.24) is 14.7 Å². The van der Waals surface area contributed by atoms with E-state index in [1.54, 1.807) is 30.7 Å². The van der Waals surface area contributed by atoms with E-state index in [0.29, 0.717) is 49.9 Å². The Balaban J connectivity index is 2.98. The van der Waals surface area contributed by atoms with Gasteiger partial charge in [-0.2, -0.15) is 5.10 Å². The zero-order valence-corrected chi connectivity index (χ0v) is 12.7. The standard InChI is InChI=1S/C13H24N4O3/c1-5-17-12(11(14)10(2)15-17)13(18)16(6-8-19-3)7-9-20-4/h5-9,14H2,1-4H3. The third-order valence-corrected chi connectivity index (χ3v) is 3.09. The third kappa shape index (κ3) is 3.71. The van der Waals surface area contributed by atoms with Crippen LogP contribution in [0.5, 0.6) is 0 Å². The predicted octanol–water partition coefficient (Wildman–Crippen LogP) is 0.529. The molecule has 1 amide bonds. The summed E-state index contributed by atoms with van der Waals surface area (Å²) < 4.78 is 11.7. The van der Waals surface area contributed by atoms with Gasteiger partial charge in [-0.15, -0.1) is 0 Å². The maximum absolute atomic E-state index is 12.6. The zero-order chi connectivity index (χ0) is 15.1. The van der Waals surface area contributed by atoms with Crippen molar-refractivity contribution in [2.75, 3.05) is 46.3 Å². The molecule has 0 radical (unpaired) electrons. The van der Waals surface area contributed by atoms with Gasteiger partial charge in [-0.25, -0.2) is 0 Å². The van der Waals surface area contributed by atoms with Crippen molar-refractivity contribution in [3.05, 3.63) is 11.4 Å². The number of methoxy groups -OCH3 is 2. The van der Waals surface area contributed by atoms with E-state index in [4.69, 9.17) is 15.2 Å². The van der Waals surface area contributed by atoms with Crippen molar-refractivity contribution in [2.45, 2.75) is 20.4 Å². The molecule has 0 aromatic carbocycles. The van der Waals surface area contributed by atoms with Crippen LogP contribution >= 0.6 is 0 Å². The molecular weight excluding hydrogens is 260 g/mol. The number of aromatic nitrogens is 2. The van der Waals surface area contributed by atoms with Crippen molar-refractivity contribution in [3.63, 3.8) is 0 Å². The van der Waals surface area contributed by atoms with E-state index in [2.05, 4.69) is 5.10 Å². The van der Waals surface area contributed by atoms with Crippen molar-refractivity contribution in [3.8, 4) is 0 Å². The molecular formula is C13H24N4O3. The summed E-state index contributed by atoms with van der Waals surface area (Å²) in [5, 5.41) is 4.27. The van der Waals surface area contributed by atoms with Gasteiger partial charge in [-0.05, 0) is 13.8 Å². The fraction of sp³-hybridized carbons (Fsp3) is 0.692. The number of nitrogen functional groups attached to an aromatic ring is 1. The van der Waals surface area contributed by atoms with Crippen LogP contribution in [0, 0.1) is 6.92 Å². The molecule has 0 unspecified atom stereocenters. The highest BCUT2D eigenvalue weighted by atomic mass is 16.5. The lowest BCUT2D eigenvalue weighted by Gasteiger charge is -2.22. The summed E-state index contributed by atoms with van der Waals surface area (Å²) in [6.07, 6.45) is 0. The summed E-state index contributed by atoms with van der Waals surface area (Å²) in [6, 6.07) is 0. The molecule has 114 valence electrons. The first kappa shape index (κ1) is 16.5. The lowest BCUT2D eigenvalue weighted by Crippen LogP contribution is -2.38. The lowest BCUT2D eigenvalue weighted by atomic mass is 10.2. The van der Waals surface area contributed by atoms with Gasteiger partial charge in [0.15, 0.2) is 0 Å². The Bertz CT molecular complexity index is 437. The summed E-state index contributed by atoms with van der Waals surface area (Å²) >= 11 is 0. The fourth-order valence-corrected chi connectivity index (χ4v) is 1.92. The van der Waals surface area contributed by atoms with Gasteiger partial charge in [0.05, 0.1) is 24.6 Å². The van der Waals surface area contributed by atoms with E-state index in [1.807, 2.05) is 6.92 Å². The summed E-state index contributed by atoms with van der Waals surface area (Å²) in [5.41, 5.74) is 7.54. The summed E-state index contributed by atoms with van der Waals surface area (Å²) in [4.78, 5) is 14.3. The van der Waals surface area contributed by atoms with Crippen LogP contribution in [0.1, 0.15) is 23.1 Å². The summed E-state index contributed by atoms with van der Waals surface area (Å²) in [6.45, 7) is 6.24. The topological polar surface area (TPSA) is 82.6 Å². The summed E-state index contributed by atoms with van der Waals surface area (Å²) in [5.74, 6) is -0.140. The Hall–Kier alpha value is -1.60. The van der Waals surface area contributed by atoms with Gasteiger partial charge in [-0.1, -0.05) is 0 Å². The van der Waals surface area contributed by atoms with Crippen molar-refractivity contribution in [1.29, 1.82) is 0 Å². The number of aryl methyl sites for hydroxylation is 2. The van der Waals surface area contributed by atoms with Crippen LogP contribution in [0.2, 0.25) is 0 Å². The van der Waals surface area contributed by atoms with Crippen LogP contribution in [0.3, 0.4) is 0 Å². The van der Waals surface area contributed by atoms with E-state index in [-0.39, 0.29) is 5.91 Å². The molecule has 0 fully saturated rings. The average molecular weight is 284 g/mol. The number of rotatable bonds is 8. The van der Waals surface area contributed by atoms with Crippen LogP contribution in [0.4, 0.5) is 5.69 Å². The Kier molecular flexibility index (Phi) is 6.47. The molecule has 20 heavy (non-hydrogen) atoms. The number of hydrogen-bond acceptors (Lipinski definition) is 5. The number of carbonyl (C=O) groups is 1. The molecule has 0 aliphatic heterocycles. The van der Waals surface area contributed by atoms with E-state index >= 15 is 0 Å². The monoisotopic (exact) mass is 284 g/mol. The first-order valence-corrected chi connectivity index (χ1v) is 6.66. The number of carbonyl (C=O) groups excluding carboxylic acids is 1. The Morgan fingerprint density at radius 2 is 1.85 bits per heavy atom. The smallest absolute Gasteiger partial charge is 0.274 e. The van der Waals surface area contributed by atoms with Gasteiger partial charge < -0.3 is 20.1 Å². The number of amides is 1. The molecule has 0 atom stereocenters. The molecule has 0 spiro atoms. The maximum atomic E-state index is 12.6. The maximum Gasteiger partial charge on any atom is 0.274 e. The van der Waals surface area contributed by atoms with E-state index in [9.17, 15) is 4.79 Å². The van der Waals surface area contributed by atoms with E-state index in [0.717, 1.165) is 0 Å². The average Bonchev–Trinajstić information content (AvgIpc) is 2.73. The molecule has 1 heterocycles. The van der Waals surface area contributed by atoms with Gasteiger partial charge >= 0.3 is 0 Å². The zero-order valence-electron chi connectivity index (χ0n) is 12.7. The molecule has 0 saturated heterocycles. The number of nitrogens with two attached hydrogens (primary N) is 1. The van der Waals surface area contributed by atoms with Gasteiger partial charge in [0.25, 0.3) is 5.91 Å². The van der Waals surface area contributed by atoms with Gasteiger partial charge in [0.2, 0.25) is 0 Å². The lowest BCUT2D eigenvalue weighted by molar-refractivity contribution is 0.0617. The first-order valence-electron chi connectivity index (χ1n) is 6.66. The van der Waals surface area contributed by atoms with E-state index in [1.165, 1.54) is 0 Å². The minimum Gasteiger partial charge on any atom is -0.395 e. The molecule has 2 N–H and O–H groups in total. The molecule has 0 aliphatic rings. The molecule has 0 aliphatic carbocycles. The number of nitrogens with zero attached hydrogens (tertiary/aromatic N) is 3. The first-order chi connectivity index (χ1) is 9.56. The molecule has 7 heteroatoms. The molecule has 1 aromatic heterocycles. The minimum absolute atomic E-state index is 0.140. The molecule has 7 nitrogen and oxygen atoms in total. The second kappa shape index (κ2) is 7.86. The number of hydrogen-bond donors (Lipinski definition) is 1. The minimum atomic E-state index is -0.140. The predicted molar refractivity (Wildman–Crippen MR) is 76.7 cm³/mol. The molecule has 0 bridgehead atoms. The Morgan fingerprint density at radius 1 is 1.30 bits per heavy atom. The molecule has 0 saturated carbocycles.